The van der Waals surface area contributed by atoms with Crippen molar-refractivity contribution >= 4 is 22.9 Å². The highest BCUT2D eigenvalue weighted by atomic mass is 16.5. The molecule has 2 aromatic carbocycles. The Morgan fingerprint density at radius 3 is 2.55 bits per heavy atom. The van der Waals surface area contributed by atoms with Gasteiger partial charge in [0, 0.05) is 32.2 Å². The molecule has 1 fully saturated rings. The number of rotatable bonds is 6. The third-order valence-electron chi connectivity index (χ3n) is 5.55. The Labute approximate surface area is 190 Å². The van der Waals surface area contributed by atoms with Crippen LogP contribution in [0, 0.1) is 0 Å². The van der Waals surface area contributed by atoms with E-state index in [0.717, 1.165) is 11.5 Å². The quantitative estimate of drug-likeness (QED) is 0.444. The number of carbonyl (C=O) groups is 1. The van der Waals surface area contributed by atoms with Gasteiger partial charge in [-0.15, -0.1) is 5.10 Å². The zero-order valence-electron chi connectivity index (χ0n) is 18.2. The van der Waals surface area contributed by atoms with Crippen LogP contribution in [0.25, 0.3) is 16.9 Å². The normalized spacial score (nSPS) is 13.8. The number of hydrogen-bond donors (Lipinski definition) is 0. The van der Waals surface area contributed by atoms with Crippen LogP contribution in [0.1, 0.15) is 0 Å². The average Bonchev–Trinajstić information content (AvgIpc) is 3.32. The molecule has 4 aromatic rings. The monoisotopic (exact) mass is 445 g/mol. The van der Waals surface area contributed by atoms with Gasteiger partial charge in [0.1, 0.15) is 17.8 Å². The highest BCUT2D eigenvalue weighted by Gasteiger charge is 2.25. The summed E-state index contributed by atoms with van der Waals surface area (Å²) in [5.41, 5.74) is 2.18. The highest BCUT2D eigenvalue weighted by Crippen LogP contribution is 2.24. The minimum Gasteiger partial charge on any atom is -0.497 e. The summed E-state index contributed by atoms with van der Waals surface area (Å²) >= 11 is 0. The van der Waals surface area contributed by atoms with Gasteiger partial charge in [0.15, 0.2) is 23.6 Å². The van der Waals surface area contributed by atoms with Gasteiger partial charge in [-0.2, -0.15) is 4.68 Å². The van der Waals surface area contributed by atoms with Crippen LogP contribution < -0.4 is 14.4 Å². The number of nitrogens with zero attached hydrogens (tertiary/aromatic N) is 7. The third-order valence-corrected chi connectivity index (χ3v) is 5.55. The Balaban J connectivity index is 1.24. The van der Waals surface area contributed by atoms with Crippen LogP contribution in [-0.4, -0.2) is 75.7 Å². The summed E-state index contributed by atoms with van der Waals surface area (Å²) in [5.74, 6) is 1.96. The van der Waals surface area contributed by atoms with Crippen LogP contribution in [0.5, 0.6) is 11.5 Å². The Morgan fingerprint density at radius 2 is 1.76 bits per heavy atom. The number of para-hydroxylation sites is 1. The second-order valence-corrected chi connectivity index (χ2v) is 7.54. The number of anilines is 1. The molecular formula is C23H23N7O3. The Bertz CT molecular complexity index is 1250. The molecule has 10 heteroatoms. The molecule has 5 rings (SSSR count). The summed E-state index contributed by atoms with van der Waals surface area (Å²) in [4.78, 5) is 25.4. The smallest absolute Gasteiger partial charge is 0.260 e. The number of amides is 1. The predicted molar refractivity (Wildman–Crippen MR) is 122 cm³/mol. The molecule has 1 amide bonds. The molecule has 3 heterocycles. The predicted octanol–water partition coefficient (Wildman–Crippen LogP) is 1.95. The van der Waals surface area contributed by atoms with Crippen molar-refractivity contribution in [3.05, 3.63) is 60.9 Å². The van der Waals surface area contributed by atoms with Gasteiger partial charge < -0.3 is 19.3 Å². The fraction of sp³-hybridized carbons (Fsp3) is 0.261. The van der Waals surface area contributed by atoms with Gasteiger partial charge in [0.25, 0.3) is 5.91 Å². The summed E-state index contributed by atoms with van der Waals surface area (Å²) in [6.45, 7) is 2.39. The SMILES string of the molecule is COc1cccc(OCC(=O)N2CCN(c3ncnc4c3nnn4-c3ccccc3)CC2)c1. The highest BCUT2D eigenvalue weighted by molar-refractivity contribution is 5.84. The van der Waals surface area contributed by atoms with Gasteiger partial charge in [-0.05, 0) is 24.3 Å². The maximum atomic E-state index is 12.6. The Hall–Kier alpha value is -4.21. The van der Waals surface area contributed by atoms with Crippen molar-refractivity contribution in [1.29, 1.82) is 0 Å². The number of benzene rings is 2. The molecule has 33 heavy (non-hydrogen) atoms. The lowest BCUT2D eigenvalue weighted by atomic mass is 10.3. The number of ether oxygens (including phenoxy) is 2. The maximum absolute atomic E-state index is 12.6. The van der Waals surface area contributed by atoms with E-state index in [4.69, 9.17) is 9.47 Å². The Morgan fingerprint density at radius 1 is 0.970 bits per heavy atom. The van der Waals surface area contributed by atoms with E-state index in [1.165, 1.54) is 6.33 Å². The molecular weight excluding hydrogens is 422 g/mol. The summed E-state index contributed by atoms with van der Waals surface area (Å²) in [5, 5.41) is 8.61. The molecule has 0 radical (unpaired) electrons. The van der Waals surface area contributed by atoms with Gasteiger partial charge in [-0.1, -0.05) is 29.5 Å². The zero-order chi connectivity index (χ0) is 22.6. The first-order chi connectivity index (χ1) is 16.2. The number of aromatic nitrogens is 5. The summed E-state index contributed by atoms with van der Waals surface area (Å²) in [6.07, 6.45) is 1.53. The molecule has 168 valence electrons. The van der Waals surface area contributed by atoms with E-state index in [1.807, 2.05) is 42.5 Å². The number of fused-ring (bicyclic) bond motifs is 1. The lowest BCUT2D eigenvalue weighted by Crippen LogP contribution is -2.50. The molecule has 0 atom stereocenters. The molecule has 0 aliphatic carbocycles. The van der Waals surface area contributed by atoms with Gasteiger partial charge >= 0.3 is 0 Å². The first-order valence-corrected chi connectivity index (χ1v) is 10.6. The first kappa shape index (κ1) is 20.7. The number of methoxy groups -OCH3 is 1. The molecule has 1 aliphatic rings. The van der Waals surface area contributed by atoms with Crippen LogP contribution in [-0.2, 0) is 4.79 Å². The number of hydrogen-bond acceptors (Lipinski definition) is 8. The summed E-state index contributed by atoms with van der Waals surface area (Å²) < 4.78 is 12.5. The molecule has 0 unspecified atom stereocenters. The largest absolute Gasteiger partial charge is 0.497 e. The van der Waals surface area contributed by atoms with Crippen molar-refractivity contribution in [3.63, 3.8) is 0 Å². The van der Waals surface area contributed by atoms with Gasteiger partial charge in [0.2, 0.25) is 0 Å². The van der Waals surface area contributed by atoms with E-state index in [2.05, 4.69) is 25.2 Å². The molecule has 0 spiro atoms. The average molecular weight is 445 g/mol. The van der Waals surface area contributed by atoms with Crippen LogP contribution in [0.4, 0.5) is 5.82 Å². The summed E-state index contributed by atoms with van der Waals surface area (Å²) in [7, 11) is 1.59. The van der Waals surface area contributed by atoms with Gasteiger partial charge in [-0.25, -0.2) is 9.97 Å². The molecule has 0 saturated carbocycles. The minimum atomic E-state index is -0.0553. The Kier molecular flexibility index (Phi) is 5.71. The summed E-state index contributed by atoms with van der Waals surface area (Å²) in [6, 6.07) is 17.0. The van der Waals surface area contributed by atoms with E-state index in [0.29, 0.717) is 48.8 Å². The standard InChI is InChI=1S/C23H23N7O3/c1-32-18-8-5-9-19(14-18)33-15-20(31)28-10-12-29(13-11-28)22-21-23(25-16-24-22)30(27-26-21)17-6-3-2-4-7-17/h2-9,14,16H,10-13,15H2,1H3. The van der Waals surface area contributed by atoms with Crippen LogP contribution in [0.3, 0.4) is 0 Å². The van der Waals surface area contributed by atoms with E-state index in [-0.39, 0.29) is 12.5 Å². The fourth-order valence-corrected chi connectivity index (χ4v) is 3.81. The van der Waals surface area contributed by atoms with Gasteiger partial charge in [-0.3, -0.25) is 4.79 Å². The second kappa shape index (κ2) is 9.11. The third kappa shape index (κ3) is 4.27. The molecule has 1 aliphatic heterocycles. The van der Waals surface area contributed by atoms with E-state index in [9.17, 15) is 4.79 Å². The molecule has 10 nitrogen and oxygen atoms in total. The first-order valence-electron chi connectivity index (χ1n) is 10.6. The topological polar surface area (TPSA) is 98.5 Å². The van der Waals surface area contributed by atoms with Crippen molar-refractivity contribution in [3.8, 4) is 17.2 Å². The molecule has 1 saturated heterocycles. The molecule has 0 bridgehead atoms. The second-order valence-electron chi connectivity index (χ2n) is 7.54. The van der Waals surface area contributed by atoms with E-state index < -0.39 is 0 Å². The number of carbonyl (C=O) groups excluding carboxylic acids is 1. The maximum Gasteiger partial charge on any atom is 0.260 e. The van der Waals surface area contributed by atoms with Gasteiger partial charge in [0.05, 0.1) is 12.8 Å². The van der Waals surface area contributed by atoms with Crippen molar-refractivity contribution in [2.75, 3.05) is 44.8 Å². The van der Waals surface area contributed by atoms with Crippen molar-refractivity contribution in [2.45, 2.75) is 0 Å². The zero-order valence-corrected chi connectivity index (χ0v) is 18.2. The van der Waals surface area contributed by atoms with Crippen LogP contribution in [0.2, 0.25) is 0 Å². The van der Waals surface area contributed by atoms with Crippen LogP contribution >= 0.6 is 0 Å². The van der Waals surface area contributed by atoms with E-state index >= 15 is 0 Å². The van der Waals surface area contributed by atoms with Crippen molar-refractivity contribution < 1.29 is 14.3 Å². The number of piperazine rings is 1. The lowest BCUT2D eigenvalue weighted by molar-refractivity contribution is -0.133. The molecule has 2 aromatic heterocycles. The van der Waals surface area contributed by atoms with Crippen molar-refractivity contribution in [1.82, 2.24) is 29.9 Å². The fourth-order valence-electron chi connectivity index (χ4n) is 3.81. The van der Waals surface area contributed by atoms with Crippen LogP contribution in [0.15, 0.2) is 60.9 Å². The molecule has 0 N–H and O–H groups in total. The lowest BCUT2D eigenvalue weighted by Gasteiger charge is -2.35. The van der Waals surface area contributed by atoms with E-state index in [1.54, 1.807) is 28.8 Å². The van der Waals surface area contributed by atoms with Crippen molar-refractivity contribution in [2.24, 2.45) is 0 Å². The minimum absolute atomic E-state index is 0.0175.